The highest BCUT2D eigenvalue weighted by molar-refractivity contribution is 8.00. The molecule has 8 N–H and O–H groups in total. The molecule has 4 rings (SSSR count). The van der Waals surface area contributed by atoms with E-state index in [9.17, 15) is 24.3 Å². The lowest BCUT2D eigenvalue weighted by Gasteiger charge is -2.35. The van der Waals surface area contributed by atoms with Crippen LogP contribution in [0.1, 0.15) is 50.2 Å². The van der Waals surface area contributed by atoms with Crippen LogP contribution in [0, 0.1) is 0 Å². The zero-order chi connectivity index (χ0) is 49.6. The molecular formula is C46H73N9O13S. The molecule has 69 heavy (non-hydrogen) atoms. The van der Waals surface area contributed by atoms with Crippen molar-refractivity contribution in [3.8, 4) is 5.75 Å². The van der Waals surface area contributed by atoms with Crippen LogP contribution in [0.25, 0.3) is 11.0 Å². The fourth-order valence-corrected chi connectivity index (χ4v) is 8.10. The molecule has 1 unspecified atom stereocenters. The summed E-state index contributed by atoms with van der Waals surface area (Å²) in [6.45, 7) is 11.8. The van der Waals surface area contributed by atoms with Gasteiger partial charge in [0, 0.05) is 69.7 Å². The monoisotopic (exact) mass is 992 g/mol. The number of rotatable bonds is 38. The number of ether oxygens (including phenoxy) is 7. The molecule has 1 fully saturated rings. The number of unbranched alkanes of at least 4 members (excludes halogenated alkanes) is 2. The average molecular weight is 992 g/mol. The van der Waals surface area contributed by atoms with E-state index >= 15 is 0 Å². The number of hydrogen-bond acceptors (Lipinski definition) is 18. The largest absolute Gasteiger partial charge is 0.496 e. The van der Waals surface area contributed by atoms with Crippen molar-refractivity contribution in [2.24, 2.45) is 5.73 Å². The Kier molecular flexibility index (Phi) is 27.0. The highest BCUT2D eigenvalue weighted by Gasteiger charge is 2.25. The number of carboxylic acid groups (broad SMARTS) is 2. The number of piperazine rings is 1. The number of nitrogens with two attached hydrogens (primary N) is 2. The molecule has 2 atom stereocenters. The first kappa shape index (κ1) is 56.7. The second-order valence-corrected chi connectivity index (χ2v) is 17.4. The van der Waals surface area contributed by atoms with Crippen molar-refractivity contribution >= 4 is 58.3 Å². The molecule has 2 amide bonds. The van der Waals surface area contributed by atoms with Crippen molar-refractivity contribution in [3.05, 3.63) is 41.6 Å². The lowest BCUT2D eigenvalue weighted by molar-refractivity contribution is -0.139. The number of carbonyl (C=O) groups is 4. The fraction of sp³-hybridized carbons (Fsp3) is 0.652. The number of thioether (sulfide) groups is 1. The zero-order valence-electron chi connectivity index (χ0n) is 40.1. The van der Waals surface area contributed by atoms with Crippen molar-refractivity contribution in [2.75, 3.05) is 142 Å². The number of amides is 2. The highest BCUT2D eigenvalue weighted by Crippen LogP contribution is 2.28. The van der Waals surface area contributed by atoms with Gasteiger partial charge >= 0.3 is 11.9 Å². The normalized spacial score (nSPS) is 13.9. The van der Waals surface area contributed by atoms with E-state index in [4.69, 9.17) is 49.7 Å². The van der Waals surface area contributed by atoms with Crippen molar-refractivity contribution in [1.29, 1.82) is 0 Å². The molecule has 0 saturated carbocycles. The Bertz CT molecular complexity index is 1990. The Morgan fingerprint density at radius 3 is 2.00 bits per heavy atom. The lowest BCUT2D eigenvalue weighted by atomic mass is 10.1. The van der Waals surface area contributed by atoms with Crippen LogP contribution in [-0.4, -0.2) is 201 Å². The Morgan fingerprint density at radius 1 is 0.783 bits per heavy atom. The topological polar surface area (TPSA) is 287 Å². The van der Waals surface area contributed by atoms with Gasteiger partial charge in [0.1, 0.15) is 22.6 Å². The number of benzene rings is 1. The molecule has 3 aromatic rings. The molecule has 386 valence electrons. The van der Waals surface area contributed by atoms with Crippen molar-refractivity contribution < 1.29 is 62.5 Å². The summed E-state index contributed by atoms with van der Waals surface area (Å²) in [7, 11) is 1.70. The molecule has 1 saturated heterocycles. The van der Waals surface area contributed by atoms with E-state index in [0.29, 0.717) is 98.7 Å². The SMILES string of the molecule is CCCCCNc1nc(N)nc2ccn(Cc3ccc(CN4CCN(C(=O)CCOCCOCCOCCOCCOCCOCCNC(=O)CC(SC[C@H](N)C(=O)O)C(=O)O)CC4)cc3OC)c12. The van der Waals surface area contributed by atoms with E-state index < -0.39 is 29.1 Å². The van der Waals surface area contributed by atoms with E-state index in [2.05, 4.69) is 55.2 Å². The maximum Gasteiger partial charge on any atom is 0.321 e. The minimum atomic E-state index is -1.24. The molecule has 1 aliphatic heterocycles. The van der Waals surface area contributed by atoms with Crippen molar-refractivity contribution in [2.45, 2.75) is 63.4 Å². The third kappa shape index (κ3) is 21.8. The van der Waals surface area contributed by atoms with Crippen LogP contribution >= 0.6 is 11.8 Å². The summed E-state index contributed by atoms with van der Waals surface area (Å²) < 4.78 is 41.0. The first-order valence-corrected chi connectivity index (χ1v) is 24.6. The van der Waals surface area contributed by atoms with E-state index in [1.807, 2.05) is 17.2 Å². The van der Waals surface area contributed by atoms with E-state index in [0.717, 1.165) is 90.9 Å². The summed E-state index contributed by atoms with van der Waals surface area (Å²) >= 11 is 0.813. The molecule has 1 aromatic carbocycles. The predicted molar refractivity (Wildman–Crippen MR) is 261 cm³/mol. The van der Waals surface area contributed by atoms with Gasteiger partial charge in [-0.1, -0.05) is 31.9 Å². The van der Waals surface area contributed by atoms with E-state index in [1.165, 1.54) is 0 Å². The molecule has 22 nitrogen and oxygen atoms in total. The summed E-state index contributed by atoms with van der Waals surface area (Å²) in [5, 5.41) is 23.0. The van der Waals surface area contributed by atoms with Crippen LogP contribution in [0.3, 0.4) is 0 Å². The molecule has 0 aliphatic carbocycles. The van der Waals surface area contributed by atoms with Crippen LogP contribution in [0.4, 0.5) is 11.8 Å². The number of methoxy groups -OCH3 is 1. The Labute approximate surface area is 408 Å². The standard InChI is InChI=1S/C46H73N9O13S/c1-3-4-5-10-50-43-42-37(51-46(48)52-43)8-12-55(42)32-35-7-6-34(29-38(35)62-2)31-53-13-15-54(16-14-53)41(57)9-17-63-19-21-65-23-25-67-27-28-68-26-24-66-22-20-64-18-11-49-40(56)30-39(45(60)61)69-33-36(47)44(58)59/h6-8,12,29,36,39H,3-5,9-11,13-28,30-33,47H2,1-2H3,(H,49,56)(H,58,59)(H,60,61)(H3,48,50,51,52)/t36-,39?/m0/s1. The first-order valence-electron chi connectivity index (χ1n) is 23.6. The van der Waals surface area contributed by atoms with Gasteiger partial charge in [-0.05, 0) is 24.1 Å². The number of aromatic nitrogens is 3. The smallest absolute Gasteiger partial charge is 0.321 e. The number of nitrogens with one attached hydrogen (secondary N) is 2. The van der Waals surface area contributed by atoms with Crippen LogP contribution in [-0.2, 0) is 60.7 Å². The summed E-state index contributed by atoms with van der Waals surface area (Å²) in [6, 6.07) is 7.11. The van der Waals surface area contributed by atoms with E-state index in [-0.39, 0.29) is 37.2 Å². The average Bonchev–Trinajstić information content (AvgIpc) is 3.74. The number of carbonyl (C=O) groups excluding carboxylic acids is 2. The van der Waals surface area contributed by atoms with Gasteiger partial charge < -0.3 is 74.9 Å². The molecule has 1 aliphatic rings. The van der Waals surface area contributed by atoms with Gasteiger partial charge in [0.2, 0.25) is 17.8 Å². The van der Waals surface area contributed by atoms with Gasteiger partial charge in [-0.25, -0.2) is 4.98 Å². The third-order valence-corrected chi connectivity index (χ3v) is 12.2. The predicted octanol–water partition coefficient (Wildman–Crippen LogP) is 1.91. The number of anilines is 2. The van der Waals surface area contributed by atoms with Crippen LogP contribution < -0.4 is 26.8 Å². The number of carboxylic acids is 2. The molecule has 0 bridgehead atoms. The number of aliphatic carboxylic acids is 2. The minimum Gasteiger partial charge on any atom is -0.496 e. The zero-order valence-corrected chi connectivity index (χ0v) is 40.9. The molecule has 0 radical (unpaired) electrons. The Balaban J connectivity index is 0.942. The number of hydrogen-bond donors (Lipinski definition) is 6. The molecule has 0 spiro atoms. The number of nitrogen functional groups attached to an aromatic ring is 1. The second kappa shape index (κ2) is 32.9. The van der Waals surface area contributed by atoms with Crippen molar-refractivity contribution in [1.82, 2.24) is 29.7 Å². The Hall–Kier alpha value is -4.85. The summed E-state index contributed by atoms with van der Waals surface area (Å²) in [6.07, 6.45) is 5.36. The first-order chi connectivity index (χ1) is 33.5. The van der Waals surface area contributed by atoms with Gasteiger partial charge in [-0.15, -0.1) is 11.8 Å². The quantitative estimate of drug-likeness (QED) is 0.0447. The van der Waals surface area contributed by atoms with Crippen LogP contribution in [0.15, 0.2) is 30.5 Å². The number of fused-ring (bicyclic) bond motifs is 1. The van der Waals surface area contributed by atoms with Gasteiger partial charge in [0.25, 0.3) is 0 Å². The minimum absolute atomic E-state index is 0.0889. The maximum atomic E-state index is 12.9. The summed E-state index contributed by atoms with van der Waals surface area (Å²) in [4.78, 5) is 60.3. The van der Waals surface area contributed by atoms with E-state index in [1.54, 1.807) is 7.11 Å². The summed E-state index contributed by atoms with van der Waals surface area (Å²) in [5.41, 5.74) is 15.3. The van der Waals surface area contributed by atoms with Gasteiger partial charge in [-0.3, -0.25) is 24.1 Å². The maximum absolute atomic E-state index is 12.9. The second-order valence-electron chi connectivity index (χ2n) is 16.1. The van der Waals surface area contributed by atoms with Crippen molar-refractivity contribution in [3.63, 3.8) is 0 Å². The molecule has 3 heterocycles. The summed E-state index contributed by atoms with van der Waals surface area (Å²) in [5.74, 6) is -1.16. The molecular weight excluding hydrogens is 919 g/mol. The Morgan fingerprint density at radius 2 is 1.41 bits per heavy atom. The molecule has 2 aromatic heterocycles. The number of nitrogens with zero attached hydrogens (tertiary/aromatic N) is 5. The van der Waals surface area contributed by atoms with Gasteiger partial charge in [-0.2, -0.15) is 4.98 Å². The van der Waals surface area contributed by atoms with Crippen LogP contribution in [0.2, 0.25) is 0 Å². The van der Waals surface area contributed by atoms with Crippen LogP contribution in [0.5, 0.6) is 5.75 Å². The highest BCUT2D eigenvalue weighted by atomic mass is 32.2. The van der Waals surface area contributed by atoms with Gasteiger partial charge in [0.05, 0.1) is 105 Å². The lowest BCUT2D eigenvalue weighted by Crippen LogP contribution is -2.48. The molecule has 23 heteroatoms. The van der Waals surface area contributed by atoms with Gasteiger partial charge in [0.15, 0.2) is 5.82 Å². The fourth-order valence-electron chi connectivity index (χ4n) is 7.11. The third-order valence-electron chi connectivity index (χ3n) is 10.9.